The molecule has 10 heteroatoms. The SMILES string of the molecule is O=S(=O)(O)c1cc2cc(S(=O)(=O)O)c([O-])cc2cc1[O-]. The summed E-state index contributed by atoms with van der Waals surface area (Å²) in [6, 6.07) is 2.99. The van der Waals surface area contributed by atoms with Crippen molar-refractivity contribution < 1.29 is 36.2 Å². The zero-order valence-corrected chi connectivity index (χ0v) is 11.1. The third-order valence-electron chi connectivity index (χ3n) is 2.52. The molecule has 0 atom stereocenters. The summed E-state index contributed by atoms with van der Waals surface area (Å²) in [4.78, 5) is -1.91. The van der Waals surface area contributed by atoms with E-state index in [-0.39, 0.29) is 10.8 Å². The van der Waals surface area contributed by atoms with Crippen LogP contribution in [0, 0.1) is 0 Å². The van der Waals surface area contributed by atoms with Gasteiger partial charge in [-0.25, -0.2) is 0 Å². The Bertz CT molecular complexity index is 839. The van der Waals surface area contributed by atoms with Crippen molar-refractivity contribution in [3.8, 4) is 11.5 Å². The van der Waals surface area contributed by atoms with E-state index in [0.717, 1.165) is 24.3 Å². The lowest BCUT2D eigenvalue weighted by Gasteiger charge is -2.16. The van der Waals surface area contributed by atoms with Gasteiger partial charge in [0.2, 0.25) is 0 Å². The van der Waals surface area contributed by atoms with Crippen LogP contribution < -0.4 is 10.2 Å². The van der Waals surface area contributed by atoms with Gasteiger partial charge in [0.15, 0.2) is 0 Å². The molecule has 0 saturated heterocycles. The number of rotatable bonds is 2. The van der Waals surface area contributed by atoms with E-state index in [1.165, 1.54) is 0 Å². The van der Waals surface area contributed by atoms with E-state index in [1.54, 1.807) is 0 Å². The minimum Gasteiger partial charge on any atom is -0.872 e. The molecule has 2 aromatic rings. The van der Waals surface area contributed by atoms with Crippen LogP contribution in [0.3, 0.4) is 0 Å². The second kappa shape index (κ2) is 4.31. The largest absolute Gasteiger partial charge is 0.872 e. The van der Waals surface area contributed by atoms with Crippen LogP contribution in [0.2, 0.25) is 0 Å². The molecule has 0 fully saturated rings. The molecule has 2 N–H and O–H groups in total. The summed E-state index contributed by atoms with van der Waals surface area (Å²) in [7, 11) is -9.57. The molecule has 2 aromatic carbocycles. The highest BCUT2D eigenvalue weighted by atomic mass is 32.2. The van der Waals surface area contributed by atoms with Crippen molar-refractivity contribution in [1.82, 2.24) is 0 Å². The molecular formula is C10H6O8S2-2. The molecule has 0 aliphatic carbocycles. The molecule has 0 saturated carbocycles. The van der Waals surface area contributed by atoms with Crippen LogP contribution in [0.5, 0.6) is 11.5 Å². The minimum absolute atomic E-state index is 0.0141. The highest BCUT2D eigenvalue weighted by molar-refractivity contribution is 7.86. The Balaban J connectivity index is 2.91. The molecule has 0 aromatic heterocycles. The van der Waals surface area contributed by atoms with Gasteiger partial charge in [-0.1, -0.05) is 23.6 Å². The molecule has 108 valence electrons. The van der Waals surface area contributed by atoms with Crippen LogP contribution >= 0.6 is 0 Å². The van der Waals surface area contributed by atoms with E-state index in [9.17, 15) is 27.0 Å². The predicted octanol–water partition coefficient (Wildman–Crippen LogP) is -0.520. The highest BCUT2D eigenvalue weighted by Gasteiger charge is 2.15. The van der Waals surface area contributed by atoms with Crippen LogP contribution in [0.1, 0.15) is 0 Å². The van der Waals surface area contributed by atoms with Gasteiger partial charge in [0.25, 0.3) is 20.2 Å². The lowest BCUT2D eigenvalue weighted by Crippen LogP contribution is -2.06. The second-order valence-corrected chi connectivity index (χ2v) is 6.68. The van der Waals surface area contributed by atoms with Gasteiger partial charge in [0, 0.05) is 0 Å². The Hall–Kier alpha value is -1.88. The average Bonchev–Trinajstić information content (AvgIpc) is 2.24. The molecule has 20 heavy (non-hydrogen) atoms. The Morgan fingerprint density at radius 1 is 0.700 bits per heavy atom. The first-order valence-electron chi connectivity index (χ1n) is 4.91. The second-order valence-electron chi connectivity index (χ2n) is 3.90. The number of hydrogen-bond acceptors (Lipinski definition) is 6. The molecule has 2 rings (SSSR count). The zero-order chi connectivity index (χ0) is 15.3. The zero-order valence-electron chi connectivity index (χ0n) is 9.47. The van der Waals surface area contributed by atoms with Crippen molar-refractivity contribution in [2.45, 2.75) is 9.79 Å². The maximum atomic E-state index is 11.5. The van der Waals surface area contributed by atoms with Gasteiger partial charge in [-0.3, -0.25) is 9.11 Å². The van der Waals surface area contributed by atoms with E-state index in [4.69, 9.17) is 9.11 Å². The summed E-state index contributed by atoms with van der Waals surface area (Å²) < 4.78 is 61.6. The van der Waals surface area contributed by atoms with Crippen LogP contribution in [0.25, 0.3) is 10.8 Å². The molecule has 0 amide bonds. The fourth-order valence-corrected chi connectivity index (χ4v) is 2.85. The van der Waals surface area contributed by atoms with Crippen molar-refractivity contribution in [3.63, 3.8) is 0 Å². The molecule has 8 nitrogen and oxygen atoms in total. The van der Waals surface area contributed by atoms with Crippen LogP contribution in [-0.2, 0) is 20.2 Å². The maximum absolute atomic E-state index is 11.5. The van der Waals surface area contributed by atoms with Crippen molar-refractivity contribution in [3.05, 3.63) is 24.3 Å². The quantitative estimate of drug-likeness (QED) is 0.701. The third kappa shape index (κ3) is 2.54. The van der Waals surface area contributed by atoms with Gasteiger partial charge in [0.05, 0.1) is 9.79 Å². The monoisotopic (exact) mass is 318 g/mol. The smallest absolute Gasteiger partial charge is 0.293 e. The van der Waals surface area contributed by atoms with Gasteiger partial charge in [-0.05, 0) is 22.9 Å². The van der Waals surface area contributed by atoms with Gasteiger partial charge >= 0.3 is 0 Å². The van der Waals surface area contributed by atoms with E-state index in [2.05, 4.69) is 0 Å². The lowest BCUT2D eigenvalue weighted by molar-refractivity contribution is -0.272. The summed E-state index contributed by atoms with van der Waals surface area (Å²) in [5.74, 6) is -2.09. The summed E-state index contributed by atoms with van der Waals surface area (Å²) in [5.41, 5.74) is 0. The fraction of sp³-hybridized carbons (Fsp3) is 0. The molecule has 0 aliphatic rings. The Kier molecular flexibility index (Phi) is 3.13. The summed E-state index contributed by atoms with van der Waals surface area (Å²) in [6.45, 7) is 0. The summed E-state index contributed by atoms with van der Waals surface area (Å²) >= 11 is 0. The predicted molar refractivity (Wildman–Crippen MR) is 62.5 cm³/mol. The minimum atomic E-state index is -4.79. The van der Waals surface area contributed by atoms with Gasteiger partial charge in [-0.2, -0.15) is 16.8 Å². The Labute approximate surface area is 113 Å². The van der Waals surface area contributed by atoms with Gasteiger partial charge in [0.1, 0.15) is 0 Å². The molecule has 0 radical (unpaired) electrons. The molecular weight excluding hydrogens is 312 g/mol. The van der Waals surface area contributed by atoms with Crippen molar-refractivity contribution in [2.24, 2.45) is 0 Å². The molecule has 0 unspecified atom stereocenters. The summed E-state index contributed by atoms with van der Waals surface area (Å²) in [5, 5.41) is 22.8. The first-order chi connectivity index (χ1) is 9.00. The number of benzene rings is 2. The first kappa shape index (κ1) is 14.5. The molecule has 0 aliphatic heterocycles. The van der Waals surface area contributed by atoms with Gasteiger partial charge in [-0.15, -0.1) is 0 Å². The Morgan fingerprint density at radius 2 is 1.00 bits per heavy atom. The average molecular weight is 318 g/mol. The van der Waals surface area contributed by atoms with E-state index in [0.29, 0.717) is 0 Å². The van der Waals surface area contributed by atoms with Crippen molar-refractivity contribution in [1.29, 1.82) is 0 Å². The normalized spacial score (nSPS) is 12.7. The first-order valence-corrected chi connectivity index (χ1v) is 7.79. The topological polar surface area (TPSA) is 155 Å². The van der Waals surface area contributed by atoms with Gasteiger partial charge < -0.3 is 10.2 Å². The van der Waals surface area contributed by atoms with Crippen molar-refractivity contribution >= 4 is 31.0 Å². The number of fused-ring (bicyclic) bond motifs is 1. The number of hydrogen-bond donors (Lipinski definition) is 2. The summed E-state index contributed by atoms with van der Waals surface area (Å²) in [6.07, 6.45) is 0. The van der Waals surface area contributed by atoms with E-state index >= 15 is 0 Å². The third-order valence-corrected chi connectivity index (χ3v) is 4.27. The molecule has 0 spiro atoms. The van der Waals surface area contributed by atoms with Crippen LogP contribution in [0.15, 0.2) is 34.1 Å². The van der Waals surface area contributed by atoms with Crippen LogP contribution in [-0.4, -0.2) is 25.9 Å². The van der Waals surface area contributed by atoms with E-state index in [1.807, 2.05) is 0 Å². The van der Waals surface area contributed by atoms with Crippen LogP contribution in [0.4, 0.5) is 0 Å². The molecule has 0 heterocycles. The highest BCUT2D eigenvalue weighted by Crippen LogP contribution is 2.31. The lowest BCUT2D eigenvalue weighted by atomic mass is 10.1. The maximum Gasteiger partial charge on any atom is 0.293 e. The fourth-order valence-electron chi connectivity index (χ4n) is 1.67. The Morgan fingerprint density at radius 3 is 1.30 bits per heavy atom. The molecule has 0 bridgehead atoms. The van der Waals surface area contributed by atoms with E-state index < -0.39 is 41.5 Å². The van der Waals surface area contributed by atoms with Crippen molar-refractivity contribution in [2.75, 3.05) is 0 Å². The standard InChI is InChI=1S/C10H8O8S2/c11-7-1-5-2-8(12)10(20(16,17)18)4-6(5)3-9(7)19(13,14)15/h1-4,11-12H,(H,13,14,15)(H,16,17,18)/p-2.